The Bertz CT molecular complexity index is 1030. The third kappa shape index (κ3) is 4.95. The summed E-state index contributed by atoms with van der Waals surface area (Å²) in [6, 6.07) is 19.1. The Balaban J connectivity index is 1.85. The molecule has 0 radical (unpaired) electrons. The summed E-state index contributed by atoms with van der Waals surface area (Å²) < 4.78 is 5.11. The first kappa shape index (κ1) is 20.4. The molecule has 2 amide bonds. The molecular weight excluding hydrogens is 388 g/mol. The fourth-order valence-electron chi connectivity index (χ4n) is 2.89. The van der Waals surface area contributed by atoms with Crippen molar-refractivity contribution in [3.63, 3.8) is 0 Å². The number of hydrogen-bond donors (Lipinski definition) is 2. The summed E-state index contributed by atoms with van der Waals surface area (Å²) in [5.74, 6) is -0.0286. The Kier molecular flexibility index (Phi) is 6.52. The molecule has 0 heterocycles. The average Bonchev–Trinajstić information content (AvgIpc) is 2.75. The van der Waals surface area contributed by atoms with Gasteiger partial charge in [0.15, 0.2) is 0 Å². The van der Waals surface area contributed by atoms with Gasteiger partial charge in [-0.3, -0.25) is 9.59 Å². The molecule has 0 spiro atoms. The number of anilines is 2. The van der Waals surface area contributed by atoms with E-state index in [2.05, 4.69) is 10.6 Å². The van der Waals surface area contributed by atoms with Crippen LogP contribution in [0.25, 0.3) is 0 Å². The molecule has 0 bridgehead atoms. The van der Waals surface area contributed by atoms with Gasteiger partial charge in [0.1, 0.15) is 5.75 Å². The number of rotatable bonds is 6. The topological polar surface area (TPSA) is 67.4 Å². The highest BCUT2D eigenvalue weighted by molar-refractivity contribution is 6.31. The molecule has 0 fully saturated rings. The molecule has 3 aromatic rings. The number of para-hydroxylation sites is 1. The molecule has 6 heteroatoms. The lowest BCUT2D eigenvalue weighted by Crippen LogP contribution is -2.18. The first-order valence-corrected chi connectivity index (χ1v) is 9.53. The Hall–Kier alpha value is -3.31. The van der Waals surface area contributed by atoms with Gasteiger partial charge in [0, 0.05) is 16.3 Å². The number of methoxy groups -OCH3 is 1. The Morgan fingerprint density at radius 1 is 0.897 bits per heavy atom. The number of halogens is 1. The Morgan fingerprint density at radius 3 is 2.28 bits per heavy atom. The SMILES string of the molecule is CCc1ccccc1NC(=O)c1cc(Cl)ccc1NC(=O)c1ccc(OC)cc1. The zero-order valence-electron chi connectivity index (χ0n) is 16.2. The maximum Gasteiger partial charge on any atom is 0.257 e. The van der Waals surface area contributed by atoms with E-state index in [4.69, 9.17) is 16.3 Å². The summed E-state index contributed by atoms with van der Waals surface area (Å²) in [6.45, 7) is 2.02. The largest absolute Gasteiger partial charge is 0.497 e. The standard InChI is InChI=1S/C23H21ClN2O3/c1-3-15-6-4-5-7-20(15)25-23(28)19-14-17(24)10-13-21(19)26-22(27)16-8-11-18(29-2)12-9-16/h4-14H,3H2,1-2H3,(H,25,28)(H,26,27). The van der Waals surface area contributed by atoms with Crippen LogP contribution < -0.4 is 15.4 Å². The van der Waals surface area contributed by atoms with Crippen molar-refractivity contribution in [1.29, 1.82) is 0 Å². The summed E-state index contributed by atoms with van der Waals surface area (Å²) in [5, 5.41) is 6.10. The van der Waals surface area contributed by atoms with Crippen LogP contribution >= 0.6 is 11.6 Å². The highest BCUT2D eigenvalue weighted by atomic mass is 35.5. The minimum atomic E-state index is -0.349. The smallest absolute Gasteiger partial charge is 0.257 e. The number of amides is 2. The number of ether oxygens (including phenoxy) is 1. The molecule has 0 saturated heterocycles. The van der Waals surface area contributed by atoms with Crippen LogP contribution in [-0.2, 0) is 6.42 Å². The van der Waals surface area contributed by atoms with Crippen LogP contribution in [0.2, 0.25) is 5.02 Å². The highest BCUT2D eigenvalue weighted by Crippen LogP contribution is 2.24. The van der Waals surface area contributed by atoms with Gasteiger partial charge in [0.25, 0.3) is 11.8 Å². The second-order valence-corrected chi connectivity index (χ2v) is 6.77. The lowest BCUT2D eigenvalue weighted by molar-refractivity contribution is 0.102. The summed E-state index contributed by atoms with van der Waals surface area (Å²) >= 11 is 6.10. The number of nitrogens with one attached hydrogen (secondary N) is 2. The number of aryl methyl sites for hydroxylation is 1. The zero-order valence-corrected chi connectivity index (χ0v) is 16.9. The van der Waals surface area contributed by atoms with Crippen molar-refractivity contribution in [2.75, 3.05) is 17.7 Å². The van der Waals surface area contributed by atoms with E-state index in [0.29, 0.717) is 22.0 Å². The fraction of sp³-hybridized carbons (Fsp3) is 0.130. The minimum Gasteiger partial charge on any atom is -0.497 e. The molecule has 3 aromatic carbocycles. The van der Waals surface area contributed by atoms with Crippen molar-refractivity contribution in [3.8, 4) is 5.75 Å². The number of hydrogen-bond acceptors (Lipinski definition) is 3. The van der Waals surface area contributed by atoms with Gasteiger partial charge < -0.3 is 15.4 Å². The van der Waals surface area contributed by atoms with Gasteiger partial charge in [0.05, 0.1) is 18.4 Å². The van der Waals surface area contributed by atoms with E-state index in [1.807, 2.05) is 31.2 Å². The van der Waals surface area contributed by atoms with Gasteiger partial charge in [-0.15, -0.1) is 0 Å². The molecule has 5 nitrogen and oxygen atoms in total. The van der Waals surface area contributed by atoms with Crippen molar-refractivity contribution in [2.45, 2.75) is 13.3 Å². The molecule has 29 heavy (non-hydrogen) atoms. The molecule has 0 aliphatic heterocycles. The highest BCUT2D eigenvalue weighted by Gasteiger charge is 2.16. The molecule has 0 aromatic heterocycles. The van der Waals surface area contributed by atoms with Gasteiger partial charge in [0.2, 0.25) is 0 Å². The molecule has 0 aliphatic carbocycles. The Morgan fingerprint density at radius 2 is 1.59 bits per heavy atom. The number of benzene rings is 3. The van der Waals surface area contributed by atoms with Gasteiger partial charge in [-0.25, -0.2) is 0 Å². The molecule has 3 rings (SSSR count). The van der Waals surface area contributed by atoms with Crippen LogP contribution in [0.15, 0.2) is 66.7 Å². The van der Waals surface area contributed by atoms with E-state index in [9.17, 15) is 9.59 Å². The molecule has 0 saturated carbocycles. The molecule has 0 unspecified atom stereocenters. The van der Waals surface area contributed by atoms with Gasteiger partial charge in [-0.1, -0.05) is 36.7 Å². The van der Waals surface area contributed by atoms with Crippen LogP contribution in [-0.4, -0.2) is 18.9 Å². The van der Waals surface area contributed by atoms with Gasteiger partial charge >= 0.3 is 0 Å². The van der Waals surface area contributed by atoms with E-state index >= 15 is 0 Å². The zero-order chi connectivity index (χ0) is 20.8. The van der Waals surface area contributed by atoms with Crippen molar-refractivity contribution in [1.82, 2.24) is 0 Å². The van der Waals surface area contributed by atoms with E-state index in [1.54, 1.807) is 43.5 Å². The maximum absolute atomic E-state index is 12.9. The summed E-state index contributed by atoms with van der Waals surface area (Å²) in [4.78, 5) is 25.5. The van der Waals surface area contributed by atoms with Crippen LogP contribution in [0.4, 0.5) is 11.4 Å². The van der Waals surface area contributed by atoms with Crippen LogP contribution in [0.5, 0.6) is 5.75 Å². The van der Waals surface area contributed by atoms with Crippen molar-refractivity contribution >= 4 is 34.8 Å². The van der Waals surface area contributed by atoms with Crippen molar-refractivity contribution < 1.29 is 14.3 Å². The minimum absolute atomic E-state index is 0.283. The van der Waals surface area contributed by atoms with Crippen LogP contribution in [0.1, 0.15) is 33.2 Å². The van der Waals surface area contributed by atoms with E-state index < -0.39 is 0 Å². The second kappa shape index (κ2) is 9.26. The third-order valence-corrected chi connectivity index (χ3v) is 4.71. The summed E-state index contributed by atoms with van der Waals surface area (Å²) in [5.41, 5.74) is 2.86. The fourth-order valence-corrected chi connectivity index (χ4v) is 3.06. The normalized spacial score (nSPS) is 10.3. The molecular formula is C23H21ClN2O3. The van der Waals surface area contributed by atoms with Gasteiger partial charge in [-0.2, -0.15) is 0 Å². The van der Waals surface area contributed by atoms with Crippen molar-refractivity contribution in [3.05, 3.63) is 88.4 Å². The molecule has 0 atom stereocenters. The number of carbonyl (C=O) groups excluding carboxylic acids is 2. The first-order chi connectivity index (χ1) is 14.0. The lowest BCUT2D eigenvalue weighted by atomic mass is 10.1. The number of carbonyl (C=O) groups is 2. The molecule has 148 valence electrons. The van der Waals surface area contributed by atoms with E-state index in [1.165, 1.54) is 6.07 Å². The lowest BCUT2D eigenvalue weighted by Gasteiger charge is -2.14. The van der Waals surface area contributed by atoms with Crippen molar-refractivity contribution in [2.24, 2.45) is 0 Å². The second-order valence-electron chi connectivity index (χ2n) is 6.34. The molecule has 0 aliphatic rings. The van der Waals surface area contributed by atoms with E-state index in [-0.39, 0.29) is 17.4 Å². The van der Waals surface area contributed by atoms with Crippen LogP contribution in [0.3, 0.4) is 0 Å². The van der Waals surface area contributed by atoms with Gasteiger partial charge in [-0.05, 0) is 60.5 Å². The van der Waals surface area contributed by atoms with E-state index in [0.717, 1.165) is 17.7 Å². The average molecular weight is 409 g/mol. The van der Waals surface area contributed by atoms with Crippen LogP contribution in [0, 0.1) is 0 Å². The Labute approximate surface area is 174 Å². The third-order valence-electron chi connectivity index (χ3n) is 4.47. The predicted octanol–water partition coefficient (Wildman–Crippen LogP) is 5.42. The quantitative estimate of drug-likeness (QED) is 0.572. The predicted molar refractivity (Wildman–Crippen MR) is 116 cm³/mol. The monoisotopic (exact) mass is 408 g/mol. The molecule has 2 N–H and O–H groups in total. The maximum atomic E-state index is 12.9. The summed E-state index contributed by atoms with van der Waals surface area (Å²) in [6.07, 6.45) is 0.785. The first-order valence-electron chi connectivity index (χ1n) is 9.16. The summed E-state index contributed by atoms with van der Waals surface area (Å²) in [7, 11) is 1.56.